The molecule has 0 bridgehead atoms. The second kappa shape index (κ2) is 7.33. The number of benzene rings is 3. The molecule has 0 radical (unpaired) electrons. The number of aryl methyl sites for hydroxylation is 1. The predicted octanol–water partition coefficient (Wildman–Crippen LogP) is 5.19. The standard InChI is InChI=1S/C22H17FN4/c1-15-9-11-17(12-10-15)21-25-20-8-3-2-7-19(20)22(26-21)27-24-14-16-5-4-6-18(23)13-16/h2-14H,1H3,(H,25,26,27)/b24-14-. The fourth-order valence-electron chi connectivity index (χ4n) is 2.75. The Kier molecular flexibility index (Phi) is 4.58. The molecule has 27 heavy (non-hydrogen) atoms. The van der Waals surface area contributed by atoms with Crippen molar-refractivity contribution in [1.29, 1.82) is 0 Å². The molecule has 3 aromatic carbocycles. The largest absolute Gasteiger partial charge is 0.261 e. The Bertz CT molecular complexity index is 1120. The Balaban J connectivity index is 1.71. The Morgan fingerprint density at radius 2 is 1.74 bits per heavy atom. The Morgan fingerprint density at radius 1 is 0.926 bits per heavy atom. The van der Waals surface area contributed by atoms with Crippen molar-refractivity contribution in [2.75, 3.05) is 5.43 Å². The van der Waals surface area contributed by atoms with Gasteiger partial charge in [0.05, 0.1) is 11.7 Å². The predicted molar refractivity (Wildman–Crippen MR) is 107 cm³/mol. The molecule has 0 spiro atoms. The van der Waals surface area contributed by atoms with E-state index in [9.17, 15) is 4.39 Å². The maximum absolute atomic E-state index is 13.3. The summed E-state index contributed by atoms with van der Waals surface area (Å²) in [5.74, 6) is 0.925. The van der Waals surface area contributed by atoms with Crippen LogP contribution >= 0.6 is 0 Å². The summed E-state index contributed by atoms with van der Waals surface area (Å²) in [7, 11) is 0. The van der Waals surface area contributed by atoms with Crippen LogP contribution in [-0.2, 0) is 0 Å². The van der Waals surface area contributed by atoms with Gasteiger partial charge in [0.25, 0.3) is 0 Å². The van der Waals surface area contributed by atoms with Gasteiger partial charge in [-0.3, -0.25) is 5.43 Å². The average molecular weight is 356 g/mol. The van der Waals surface area contributed by atoms with E-state index in [1.54, 1.807) is 18.3 Å². The van der Waals surface area contributed by atoms with E-state index >= 15 is 0 Å². The highest BCUT2D eigenvalue weighted by Crippen LogP contribution is 2.25. The van der Waals surface area contributed by atoms with Crippen molar-refractivity contribution in [2.45, 2.75) is 6.92 Å². The topological polar surface area (TPSA) is 50.2 Å². The number of nitrogens with zero attached hydrogens (tertiary/aromatic N) is 3. The minimum Gasteiger partial charge on any atom is -0.261 e. The summed E-state index contributed by atoms with van der Waals surface area (Å²) < 4.78 is 13.3. The zero-order valence-electron chi connectivity index (χ0n) is 14.7. The van der Waals surface area contributed by atoms with Crippen LogP contribution in [0, 0.1) is 12.7 Å². The van der Waals surface area contributed by atoms with Crippen molar-refractivity contribution in [3.05, 3.63) is 89.7 Å². The molecule has 1 N–H and O–H groups in total. The molecular weight excluding hydrogens is 339 g/mol. The highest BCUT2D eigenvalue weighted by atomic mass is 19.1. The van der Waals surface area contributed by atoms with Crippen LogP contribution in [0.2, 0.25) is 0 Å². The maximum Gasteiger partial charge on any atom is 0.162 e. The number of hydrogen-bond acceptors (Lipinski definition) is 4. The van der Waals surface area contributed by atoms with Gasteiger partial charge in [0, 0.05) is 10.9 Å². The SMILES string of the molecule is Cc1ccc(-c2nc(N/N=C\c3cccc(F)c3)c3ccccc3n2)cc1. The first-order chi connectivity index (χ1) is 13.2. The molecular formula is C22H17FN4. The molecule has 0 aliphatic carbocycles. The highest BCUT2D eigenvalue weighted by Gasteiger charge is 2.08. The van der Waals surface area contributed by atoms with Gasteiger partial charge >= 0.3 is 0 Å². The summed E-state index contributed by atoms with van der Waals surface area (Å²) in [6.45, 7) is 2.04. The second-order valence-corrected chi connectivity index (χ2v) is 6.20. The summed E-state index contributed by atoms with van der Waals surface area (Å²) >= 11 is 0. The van der Waals surface area contributed by atoms with Crippen LogP contribution in [0.4, 0.5) is 10.2 Å². The summed E-state index contributed by atoms with van der Waals surface area (Å²) in [6.07, 6.45) is 1.56. The molecule has 0 atom stereocenters. The number of fused-ring (bicyclic) bond motifs is 1. The zero-order chi connectivity index (χ0) is 18.6. The quantitative estimate of drug-likeness (QED) is 0.404. The van der Waals surface area contributed by atoms with Gasteiger partial charge in [-0.15, -0.1) is 0 Å². The molecule has 4 rings (SSSR count). The van der Waals surface area contributed by atoms with Gasteiger partial charge in [0.15, 0.2) is 11.6 Å². The molecule has 0 unspecified atom stereocenters. The van der Waals surface area contributed by atoms with Gasteiger partial charge in [0.2, 0.25) is 0 Å². The van der Waals surface area contributed by atoms with Crippen LogP contribution in [0.1, 0.15) is 11.1 Å². The van der Waals surface area contributed by atoms with Crippen molar-refractivity contribution >= 4 is 22.9 Å². The first-order valence-corrected chi connectivity index (χ1v) is 8.57. The van der Waals surface area contributed by atoms with Crippen LogP contribution in [0.25, 0.3) is 22.3 Å². The van der Waals surface area contributed by atoms with E-state index in [1.165, 1.54) is 17.7 Å². The first-order valence-electron chi connectivity index (χ1n) is 8.57. The smallest absolute Gasteiger partial charge is 0.162 e. The van der Waals surface area contributed by atoms with Gasteiger partial charge in [-0.25, -0.2) is 14.4 Å². The van der Waals surface area contributed by atoms with Gasteiger partial charge in [-0.05, 0) is 36.8 Å². The summed E-state index contributed by atoms with van der Waals surface area (Å²) in [5.41, 5.74) is 6.58. The minimum atomic E-state index is -0.298. The molecule has 4 nitrogen and oxygen atoms in total. The van der Waals surface area contributed by atoms with Gasteiger partial charge in [-0.1, -0.05) is 54.1 Å². The minimum absolute atomic E-state index is 0.298. The van der Waals surface area contributed by atoms with E-state index in [1.807, 2.05) is 55.5 Å². The zero-order valence-corrected chi connectivity index (χ0v) is 14.7. The Morgan fingerprint density at radius 3 is 2.56 bits per heavy atom. The fraction of sp³-hybridized carbons (Fsp3) is 0.0455. The number of para-hydroxylation sites is 1. The number of nitrogens with one attached hydrogen (secondary N) is 1. The monoisotopic (exact) mass is 356 g/mol. The molecule has 0 aliphatic rings. The lowest BCUT2D eigenvalue weighted by Crippen LogP contribution is -1.99. The van der Waals surface area contributed by atoms with Crippen molar-refractivity contribution in [3.63, 3.8) is 0 Å². The molecule has 0 amide bonds. The van der Waals surface area contributed by atoms with E-state index in [0.29, 0.717) is 17.2 Å². The summed E-state index contributed by atoms with van der Waals surface area (Å²) in [5, 5.41) is 5.09. The van der Waals surface area contributed by atoms with Crippen LogP contribution in [0.5, 0.6) is 0 Å². The van der Waals surface area contributed by atoms with Crippen LogP contribution in [0.3, 0.4) is 0 Å². The molecule has 0 aliphatic heterocycles. The molecule has 4 aromatic rings. The molecule has 132 valence electrons. The van der Waals surface area contributed by atoms with Gasteiger partial charge in [-0.2, -0.15) is 5.10 Å². The van der Waals surface area contributed by atoms with E-state index in [-0.39, 0.29) is 5.82 Å². The summed E-state index contributed by atoms with van der Waals surface area (Å²) in [6, 6.07) is 22.1. The summed E-state index contributed by atoms with van der Waals surface area (Å²) in [4.78, 5) is 9.30. The number of anilines is 1. The third-order valence-corrected chi connectivity index (χ3v) is 4.15. The third-order valence-electron chi connectivity index (χ3n) is 4.15. The van der Waals surface area contributed by atoms with Crippen molar-refractivity contribution in [2.24, 2.45) is 5.10 Å². The lowest BCUT2D eigenvalue weighted by atomic mass is 10.1. The van der Waals surface area contributed by atoms with Crippen molar-refractivity contribution in [3.8, 4) is 11.4 Å². The number of aromatic nitrogens is 2. The van der Waals surface area contributed by atoms with Crippen LogP contribution in [0.15, 0.2) is 77.9 Å². The first kappa shape index (κ1) is 16.8. The van der Waals surface area contributed by atoms with Gasteiger partial charge in [0.1, 0.15) is 5.82 Å². The molecule has 1 aromatic heterocycles. The fourth-order valence-corrected chi connectivity index (χ4v) is 2.75. The maximum atomic E-state index is 13.3. The molecule has 5 heteroatoms. The molecule has 0 fully saturated rings. The Hall–Kier alpha value is -3.60. The average Bonchev–Trinajstić information content (AvgIpc) is 2.68. The lowest BCUT2D eigenvalue weighted by Gasteiger charge is -2.08. The van der Waals surface area contributed by atoms with Crippen molar-refractivity contribution in [1.82, 2.24) is 9.97 Å². The van der Waals surface area contributed by atoms with E-state index < -0.39 is 0 Å². The van der Waals surface area contributed by atoms with Crippen LogP contribution < -0.4 is 5.43 Å². The number of hydrogen-bond donors (Lipinski definition) is 1. The number of halogens is 1. The molecule has 0 saturated carbocycles. The van der Waals surface area contributed by atoms with Gasteiger partial charge < -0.3 is 0 Å². The van der Waals surface area contributed by atoms with E-state index in [2.05, 4.69) is 20.5 Å². The lowest BCUT2D eigenvalue weighted by molar-refractivity contribution is 0.627. The number of hydrazone groups is 1. The van der Waals surface area contributed by atoms with E-state index in [0.717, 1.165) is 16.5 Å². The normalized spacial score (nSPS) is 11.2. The number of rotatable bonds is 4. The highest BCUT2D eigenvalue weighted by molar-refractivity contribution is 5.91. The molecule has 0 saturated heterocycles. The third kappa shape index (κ3) is 3.82. The second-order valence-electron chi connectivity index (χ2n) is 6.20. The van der Waals surface area contributed by atoms with Crippen LogP contribution in [-0.4, -0.2) is 16.2 Å². The molecule has 1 heterocycles. The van der Waals surface area contributed by atoms with Crippen molar-refractivity contribution < 1.29 is 4.39 Å². The van der Waals surface area contributed by atoms with E-state index in [4.69, 9.17) is 0 Å². The Labute approximate surface area is 156 Å².